The van der Waals surface area contributed by atoms with E-state index in [1.54, 1.807) is 5.38 Å². The molecule has 0 spiro atoms. The molecule has 0 fully saturated rings. The van der Waals surface area contributed by atoms with Crippen molar-refractivity contribution < 1.29 is 4.79 Å². The fraction of sp³-hybridized carbons (Fsp3) is 0.200. The third-order valence-electron chi connectivity index (χ3n) is 0.693. The van der Waals surface area contributed by atoms with Crippen molar-refractivity contribution >= 4 is 23.1 Å². The lowest BCUT2D eigenvalue weighted by Gasteiger charge is -1.91. The van der Waals surface area contributed by atoms with Crippen molar-refractivity contribution in [3.8, 4) is 0 Å². The first kappa shape index (κ1) is 6.22. The van der Waals surface area contributed by atoms with Crippen LogP contribution in [0.3, 0.4) is 0 Å². The van der Waals surface area contributed by atoms with E-state index in [0.717, 1.165) is 0 Å². The predicted molar refractivity (Wildman–Crippen MR) is 35.3 cm³/mol. The highest BCUT2D eigenvalue weighted by molar-refractivity contribution is 7.07. The fourth-order valence-electron chi connectivity index (χ4n) is 0.422. The first-order chi connectivity index (χ1) is 4.29. The van der Waals surface area contributed by atoms with Crippen LogP contribution in [0.25, 0.3) is 0 Å². The average Bonchev–Trinajstić information content (AvgIpc) is 2.15. The number of hydrogen-bond donors (Lipinski definition) is 1. The van der Waals surface area contributed by atoms with Gasteiger partial charge in [0.15, 0.2) is 5.51 Å². The van der Waals surface area contributed by atoms with E-state index in [2.05, 4.69) is 15.8 Å². The maximum absolute atomic E-state index is 10.4. The summed E-state index contributed by atoms with van der Waals surface area (Å²) in [7, 11) is 0. The highest BCUT2D eigenvalue weighted by atomic mass is 32.1. The van der Waals surface area contributed by atoms with Gasteiger partial charge in [-0.25, -0.2) is 4.98 Å². The molecule has 0 atom stereocenters. The van der Waals surface area contributed by atoms with Gasteiger partial charge in [0.2, 0.25) is 5.91 Å². The molecule has 0 unspecified atom stereocenters. The van der Waals surface area contributed by atoms with Crippen LogP contribution < -0.4 is 5.32 Å². The van der Waals surface area contributed by atoms with Gasteiger partial charge in [-0.1, -0.05) is 0 Å². The molecule has 3 nitrogen and oxygen atoms in total. The fourth-order valence-corrected chi connectivity index (χ4v) is 0.849. The number of hydrogen-bond acceptors (Lipinski definition) is 3. The number of thiazole rings is 1. The first-order valence-electron chi connectivity index (χ1n) is 2.38. The minimum absolute atomic E-state index is 0.102. The summed E-state index contributed by atoms with van der Waals surface area (Å²) >= 11 is 1.33. The Labute approximate surface area is 56.7 Å². The molecule has 4 heteroatoms. The normalized spacial score (nSPS) is 9.00. The van der Waals surface area contributed by atoms with Crippen LogP contribution in [0, 0.1) is 5.51 Å². The predicted octanol–water partition coefficient (Wildman–Crippen LogP) is 0.902. The molecule has 1 rings (SSSR count). The van der Waals surface area contributed by atoms with Crippen LogP contribution in [0.4, 0.5) is 5.82 Å². The number of nitrogens with zero attached hydrogens (tertiary/aromatic N) is 1. The molecule has 1 aromatic heterocycles. The second kappa shape index (κ2) is 2.59. The number of aromatic nitrogens is 1. The Morgan fingerprint density at radius 3 is 3.22 bits per heavy atom. The molecule has 1 amide bonds. The van der Waals surface area contributed by atoms with Crippen LogP contribution in [0.5, 0.6) is 0 Å². The maximum Gasteiger partial charge on any atom is 0.222 e. The highest BCUT2D eigenvalue weighted by Gasteiger charge is 1.93. The van der Waals surface area contributed by atoms with Gasteiger partial charge in [-0.15, -0.1) is 11.3 Å². The number of carbonyl (C=O) groups is 1. The largest absolute Gasteiger partial charge is 0.310 e. The van der Waals surface area contributed by atoms with Gasteiger partial charge in [0.25, 0.3) is 0 Å². The molecule has 0 aliphatic heterocycles. The van der Waals surface area contributed by atoms with Gasteiger partial charge in [-0.3, -0.25) is 4.79 Å². The van der Waals surface area contributed by atoms with Gasteiger partial charge < -0.3 is 5.32 Å². The summed E-state index contributed by atoms with van der Waals surface area (Å²) in [5.41, 5.74) is 2.61. The molecule has 0 aromatic carbocycles. The molecule has 1 aromatic rings. The Hall–Kier alpha value is -0.900. The van der Waals surface area contributed by atoms with Crippen molar-refractivity contribution in [3.05, 3.63) is 10.9 Å². The average molecular weight is 141 g/mol. The van der Waals surface area contributed by atoms with E-state index in [-0.39, 0.29) is 5.91 Å². The van der Waals surface area contributed by atoms with Crippen molar-refractivity contribution in [3.63, 3.8) is 0 Å². The summed E-state index contributed by atoms with van der Waals surface area (Å²) in [5.74, 6) is 0.474. The zero-order valence-corrected chi connectivity index (χ0v) is 5.66. The molecule has 0 aliphatic rings. The molecule has 1 heterocycles. The third kappa shape index (κ3) is 1.81. The van der Waals surface area contributed by atoms with E-state index in [9.17, 15) is 4.79 Å². The molecule has 1 N–H and O–H groups in total. The van der Waals surface area contributed by atoms with Crippen molar-refractivity contribution in [1.82, 2.24) is 4.98 Å². The molecule has 9 heavy (non-hydrogen) atoms. The van der Waals surface area contributed by atoms with Crippen molar-refractivity contribution in [2.45, 2.75) is 6.92 Å². The molecule has 0 saturated carbocycles. The number of amides is 1. The van der Waals surface area contributed by atoms with Gasteiger partial charge in [-0.2, -0.15) is 0 Å². The van der Waals surface area contributed by atoms with Crippen LogP contribution in [-0.2, 0) is 4.79 Å². The maximum atomic E-state index is 10.4. The highest BCUT2D eigenvalue weighted by Crippen LogP contribution is 2.04. The number of nitrogens with one attached hydrogen (secondary N) is 1. The zero-order chi connectivity index (χ0) is 6.69. The molecule has 47 valence electrons. The topological polar surface area (TPSA) is 42.0 Å². The number of carbonyl (C=O) groups excluding carboxylic acids is 1. The van der Waals surface area contributed by atoms with E-state index in [0.29, 0.717) is 5.82 Å². The summed E-state index contributed by atoms with van der Waals surface area (Å²) in [4.78, 5) is 14.1. The van der Waals surface area contributed by atoms with E-state index >= 15 is 0 Å². The van der Waals surface area contributed by atoms with Gasteiger partial charge in [-0.05, 0) is 0 Å². The molecular weight excluding hydrogens is 136 g/mol. The van der Waals surface area contributed by atoms with E-state index in [1.165, 1.54) is 18.3 Å². The minimum atomic E-state index is -0.102. The van der Waals surface area contributed by atoms with Crippen molar-refractivity contribution in [1.29, 1.82) is 0 Å². The van der Waals surface area contributed by atoms with Crippen molar-refractivity contribution in [2.75, 3.05) is 5.32 Å². The number of rotatable bonds is 1. The molecule has 0 bridgehead atoms. The Morgan fingerprint density at radius 1 is 2.00 bits per heavy atom. The lowest BCUT2D eigenvalue weighted by atomic mass is 10.6. The quantitative estimate of drug-likeness (QED) is 0.631. The van der Waals surface area contributed by atoms with E-state index < -0.39 is 0 Å². The lowest BCUT2D eigenvalue weighted by molar-refractivity contribution is -0.114. The summed E-state index contributed by atoms with van der Waals surface area (Å²) in [6, 6.07) is 0. The van der Waals surface area contributed by atoms with E-state index in [4.69, 9.17) is 0 Å². The van der Waals surface area contributed by atoms with Gasteiger partial charge in [0.05, 0.1) is 0 Å². The third-order valence-corrected chi connectivity index (χ3v) is 1.23. The Morgan fingerprint density at radius 2 is 2.78 bits per heavy atom. The van der Waals surface area contributed by atoms with Gasteiger partial charge in [0, 0.05) is 12.3 Å². The first-order valence-corrected chi connectivity index (χ1v) is 3.26. The van der Waals surface area contributed by atoms with Crippen LogP contribution in [0.2, 0.25) is 0 Å². The second-order valence-electron chi connectivity index (χ2n) is 1.51. The van der Waals surface area contributed by atoms with Crippen LogP contribution in [0.1, 0.15) is 6.92 Å². The summed E-state index contributed by atoms with van der Waals surface area (Å²) < 4.78 is 0. The van der Waals surface area contributed by atoms with Crippen molar-refractivity contribution in [2.24, 2.45) is 0 Å². The monoisotopic (exact) mass is 141 g/mol. The Kier molecular flexibility index (Phi) is 1.79. The minimum Gasteiger partial charge on any atom is -0.310 e. The van der Waals surface area contributed by atoms with Crippen LogP contribution >= 0.6 is 11.3 Å². The molecule has 0 aliphatic carbocycles. The van der Waals surface area contributed by atoms with Gasteiger partial charge >= 0.3 is 0 Å². The SMILES string of the molecule is CC(=O)Nc1cs[c]n1. The Balaban J connectivity index is 2.58. The second-order valence-corrected chi connectivity index (χ2v) is 2.16. The zero-order valence-electron chi connectivity index (χ0n) is 4.84. The summed E-state index contributed by atoms with van der Waals surface area (Å²) in [6.45, 7) is 1.44. The standard InChI is InChI=1S/C5H5N2OS/c1-4(8)7-5-2-9-3-6-5/h2H,1H3,(H,7,8). The van der Waals surface area contributed by atoms with E-state index in [1.807, 2.05) is 0 Å². The van der Waals surface area contributed by atoms with Gasteiger partial charge in [0.1, 0.15) is 5.82 Å². The smallest absolute Gasteiger partial charge is 0.222 e. The number of anilines is 1. The molecular formula is C5H5N2OS. The van der Waals surface area contributed by atoms with Crippen LogP contribution in [0.15, 0.2) is 5.38 Å². The molecule has 0 saturated heterocycles. The molecule has 1 radical (unpaired) electrons. The Bertz CT molecular complexity index is 195. The lowest BCUT2D eigenvalue weighted by Crippen LogP contribution is -2.05. The summed E-state index contributed by atoms with van der Waals surface area (Å²) in [6.07, 6.45) is 0. The van der Waals surface area contributed by atoms with Crippen LogP contribution in [-0.4, -0.2) is 10.9 Å². The summed E-state index contributed by atoms with van der Waals surface area (Å²) in [5, 5.41) is 4.24.